The number of hydrogen-bond donors (Lipinski definition) is 2. The van der Waals surface area contributed by atoms with E-state index in [1.807, 2.05) is 85.0 Å². The summed E-state index contributed by atoms with van der Waals surface area (Å²) in [5.41, 5.74) is 9.72. The van der Waals surface area contributed by atoms with E-state index in [1.165, 1.54) is 0 Å². The van der Waals surface area contributed by atoms with Gasteiger partial charge in [0.05, 0.1) is 33.9 Å². The molecule has 2 aliphatic rings. The highest BCUT2D eigenvalue weighted by Gasteiger charge is 2.09. The lowest BCUT2D eigenvalue weighted by Crippen LogP contribution is -1.84. The summed E-state index contributed by atoms with van der Waals surface area (Å²) in [6, 6.07) is 25.5. The predicted octanol–water partition coefficient (Wildman–Crippen LogP) is 6.48. The molecular formula is C30H18N6. The SMILES string of the molecule is N#Cc1ccc(C=CC2=Cc3cc4ccc(cc5nc(cc6ccc(cc2n3)[nH]6)C=C5)[nH]4)cc1C#N. The number of allylic oxidation sites excluding steroid dienone is 2. The first kappa shape index (κ1) is 21.1. The van der Waals surface area contributed by atoms with Gasteiger partial charge in [-0.15, -0.1) is 0 Å². The quantitative estimate of drug-likeness (QED) is 0.313. The molecule has 2 N–H and O–H groups in total. The lowest BCUT2D eigenvalue weighted by atomic mass is 10.0. The van der Waals surface area contributed by atoms with Crippen LogP contribution in [0.3, 0.4) is 0 Å². The first-order chi connectivity index (χ1) is 17.6. The number of aromatic nitrogens is 4. The van der Waals surface area contributed by atoms with E-state index in [0.717, 1.165) is 56.0 Å². The number of aromatic amines is 2. The van der Waals surface area contributed by atoms with Crippen LogP contribution in [0.25, 0.3) is 51.9 Å². The van der Waals surface area contributed by atoms with E-state index in [9.17, 15) is 10.5 Å². The molecule has 168 valence electrons. The molecule has 0 atom stereocenters. The van der Waals surface area contributed by atoms with Crippen molar-refractivity contribution in [1.82, 2.24) is 19.9 Å². The Morgan fingerprint density at radius 2 is 1.22 bits per heavy atom. The minimum absolute atomic E-state index is 0.360. The number of hydrogen-bond acceptors (Lipinski definition) is 4. The topological polar surface area (TPSA) is 105 Å². The first-order valence-electron chi connectivity index (χ1n) is 11.4. The molecule has 0 radical (unpaired) electrons. The molecule has 0 aliphatic carbocycles. The van der Waals surface area contributed by atoms with Gasteiger partial charge in [0.15, 0.2) is 0 Å². The van der Waals surface area contributed by atoms with Crippen LogP contribution in [0, 0.1) is 22.7 Å². The monoisotopic (exact) mass is 462 g/mol. The normalized spacial score (nSPS) is 12.3. The first-order valence-corrected chi connectivity index (χ1v) is 11.4. The summed E-state index contributed by atoms with van der Waals surface area (Å²) in [7, 11) is 0. The van der Waals surface area contributed by atoms with E-state index < -0.39 is 0 Å². The Morgan fingerprint density at radius 1 is 0.611 bits per heavy atom. The van der Waals surface area contributed by atoms with Crippen molar-refractivity contribution in [3.05, 3.63) is 112 Å². The van der Waals surface area contributed by atoms with Crippen LogP contribution in [0.5, 0.6) is 0 Å². The van der Waals surface area contributed by atoms with Gasteiger partial charge in [0.2, 0.25) is 0 Å². The van der Waals surface area contributed by atoms with Gasteiger partial charge in [0.1, 0.15) is 12.1 Å². The zero-order valence-electron chi connectivity index (χ0n) is 19.0. The third-order valence-corrected chi connectivity index (χ3v) is 5.94. The van der Waals surface area contributed by atoms with Gasteiger partial charge in [0.25, 0.3) is 0 Å². The molecule has 2 aliphatic heterocycles. The minimum Gasteiger partial charge on any atom is -0.355 e. The molecule has 0 amide bonds. The third kappa shape index (κ3) is 4.23. The molecule has 6 nitrogen and oxygen atoms in total. The van der Waals surface area contributed by atoms with Gasteiger partial charge in [-0.2, -0.15) is 10.5 Å². The number of nitrogens with one attached hydrogen (secondary N) is 2. The van der Waals surface area contributed by atoms with Crippen molar-refractivity contribution in [2.24, 2.45) is 0 Å². The van der Waals surface area contributed by atoms with Crippen LogP contribution in [0.2, 0.25) is 0 Å². The van der Waals surface area contributed by atoms with Gasteiger partial charge < -0.3 is 9.97 Å². The molecule has 4 aromatic rings. The van der Waals surface area contributed by atoms with E-state index in [2.05, 4.69) is 27.1 Å². The Kier molecular flexibility index (Phi) is 5.11. The highest BCUT2D eigenvalue weighted by Crippen LogP contribution is 2.25. The molecule has 0 spiro atoms. The van der Waals surface area contributed by atoms with Gasteiger partial charge in [-0.3, -0.25) is 0 Å². The maximum atomic E-state index is 9.34. The molecule has 1 aromatic carbocycles. The third-order valence-electron chi connectivity index (χ3n) is 5.94. The number of H-pyrrole nitrogens is 2. The molecule has 3 aromatic heterocycles. The number of nitrogens with zero attached hydrogens (tertiary/aromatic N) is 4. The molecule has 8 bridgehead atoms. The van der Waals surface area contributed by atoms with Gasteiger partial charge in [0, 0.05) is 27.6 Å². The van der Waals surface area contributed by atoms with E-state index in [1.54, 1.807) is 12.1 Å². The fourth-order valence-corrected chi connectivity index (χ4v) is 4.21. The number of benzene rings is 1. The van der Waals surface area contributed by atoms with Gasteiger partial charge in [-0.25, -0.2) is 9.97 Å². The van der Waals surface area contributed by atoms with Crippen LogP contribution in [-0.4, -0.2) is 19.9 Å². The molecule has 5 heterocycles. The molecule has 0 saturated heterocycles. The average Bonchev–Trinajstić information content (AvgIpc) is 3.68. The summed E-state index contributed by atoms with van der Waals surface area (Å²) < 4.78 is 0. The summed E-state index contributed by atoms with van der Waals surface area (Å²) in [4.78, 5) is 16.4. The minimum atomic E-state index is 0.360. The van der Waals surface area contributed by atoms with Crippen molar-refractivity contribution < 1.29 is 0 Å². The second-order valence-corrected chi connectivity index (χ2v) is 8.49. The van der Waals surface area contributed by atoms with Gasteiger partial charge >= 0.3 is 0 Å². The summed E-state index contributed by atoms with van der Waals surface area (Å²) >= 11 is 0. The Bertz CT molecular complexity index is 1870. The maximum Gasteiger partial charge on any atom is 0.101 e. The highest BCUT2D eigenvalue weighted by atomic mass is 14.8. The molecule has 6 heteroatoms. The van der Waals surface area contributed by atoms with Crippen LogP contribution >= 0.6 is 0 Å². The summed E-state index contributed by atoms with van der Waals surface area (Å²) in [6.07, 6.45) is 9.93. The molecule has 36 heavy (non-hydrogen) atoms. The second kappa shape index (κ2) is 8.72. The van der Waals surface area contributed by atoms with Crippen molar-refractivity contribution >= 4 is 51.9 Å². The van der Waals surface area contributed by atoms with Crippen LogP contribution in [0.15, 0.2) is 72.8 Å². The lowest BCUT2D eigenvalue weighted by Gasteiger charge is -1.98. The van der Waals surface area contributed by atoms with Crippen molar-refractivity contribution in [3.63, 3.8) is 0 Å². The number of nitriles is 2. The van der Waals surface area contributed by atoms with Crippen LogP contribution in [-0.2, 0) is 0 Å². The fraction of sp³-hybridized carbons (Fsp3) is 0. The summed E-state index contributed by atoms with van der Waals surface area (Å²) in [5.74, 6) is 0. The Balaban J connectivity index is 1.50. The molecular weight excluding hydrogens is 444 g/mol. The Labute approximate surface area is 206 Å². The molecule has 6 rings (SSSR count). The highest BCUT2D eigenvalue weighted by molar-refractivity contribution is 5.92. The van der Waals surface area contributed by atoms with Gasteiger partial charge in [-0.05, 0) is 84.5 Å². The zero-order chi connectivity index (χ0) is 24.5. The van der Waals surface area contributed by atoms with E-state index >= 15 is 0 Å². The number of rotatable bonds is 2. The molecule has 0 saturated carbocycles. The zero-order valence-corrected chi connectivity index (χ0v) is 19.0. The average molecular weight is 463 g/mol. The van der Waals surface area contributed by atoms with Crippen LogP contribution < -0.4 is 0 Å². The van der Waals surface area contributed by atoms with Crippen molar-refractivity contribution in [2.75, 3.05) is 0 Å². The summed E-state index contributed by atoms with van der Waals surface area (Å²) in [5, 5.41) is 18.5. The largest absolute Gasteiger partial charge is 0.355 e. The second-order valence-electron chi connectivity index (χ2n) is 8.49. The fourth-order valence-electron chi connectivity index (χ4n) is 4.21. The smallest absolute Gasteiger partial charge is 0.101 e. The van der Waals surface area contributed by atoms with Crippen molar-refractivity contribution in [3.8, 4) is 12.1 Å². The lowest BCUT2D eigenvalue weighted by molar-refractivity contribution is 1.31. The van der Waals surface area contributed by atoms with E-state index in [0.29, 0.717) is 11.1 Å². The number of fused-ring (bicyclic) bond motifs is 8. The summed E-state index contributed by atoms with van der Waals surface area (Å²) in [6.45, 7) is 0. The maximum absolute atomic E-state index is 9.34. The molecule has 0 fully saturated rings. The van der Waals surface area contributed by atoms with Crippen molar-refractivity contribution in [1.29, 1.82) is 10.5 Å². The Morgan fingerprint density at radius 3 is 1.86 bits per heavy atom. The predicted molar refractivity (Wildman–Crippen MR) is 143 cm³/mol. The van der Waals surface area contributed by atoms with E-state index in [-0.39, 0.29) is 0 Å². The van der Waals surface area contributed by atoms with Crippen molar-refractivity contribution in [2.45, 2.75) is 0 Å². The molecule has 0 unspecified atom stereocenters. The Hall–Kier alpha value is -5.46. The van der Waals surface area contributed by atoms with Crippen LogP contribution in [0.4, 0.5) is 0 Å². The van der Waals surface area contributed by atoms with Gasteiger partial charge in [-0.1, -0.05) is 18.2 Å². The standard InChI is InChI=1S/C30H18N6/c31-17-21-4-2-19(11-22(21)18-32)1-3-20-12-29-15-27-8-7-25(34-27)13-23-5-6-24(33-23)14-26-9-10-28(35-26)16-30(20)36-29/h1-16,34-35H. The van der Waals surface area contributed by atoms with Crippen LogP contribution in [0.1, 0.15) is 39.5 Å². The van der Waals surface area contributed by atoms with E-state index in [4.69, 9.17) is 4.98 Å².